The first-order chi connectivity index (χ1) is 14.2. The van der Waals surface area contributed by atoms with E-state index in [0.717, 1.165) is 4.31 Å². The van der Waals surface area contributed by atoms with Gasteiger partial charge in [0.2, 0.25) is 0 Å². The van der Waals surface area contributed by atoms with Gasteiger partial charge in [-0.1, -0.05) is 23.2 Å². The van der Waals surface area contributed by atoms with Crippen molar-refractivity contribution in [1.82, 2.24) is 0 Å². The quantitative estimate of drug-likeness (QED) is 0.280. The second-order valence-electron chi connectivity index (χ2n) is 6.36. The van der Waals surface area contributed by atoms with E-state index in [-0.39, 0.29) is 16.3 Å². The van der Waals surface area contributed by atoms with E-state index in [9.17, 15) is 18.5 Å². The van der Waals surface area contributed by atoms with Gasteiger partial charge in [-0.25, -0.2) is 12.7 Å². The van der Waals surface area contributed by atoms with Crippen LogP contribution in [0.15, 0.2) is 77.7 Å². The molecule has 3 aromatic carbocycles. The van der Waals surface area contributed by atoms with E-state index in [1.165, 1.54) is 48.5 Å². The molecule has 156 valence electrons. The van der Waals surface area contributed by atoms with Gasteiger partial charge in [0.1, 0.15) is 6.17 Å². The molecular formula is C20H17Cl2N3O4S. The van der Waals surface area contributed by atoms with Crippen LogP contribution in [0.5, 0.6) is 0 Å². The van der Waals surface area contributed by atoms with Gasteiger partial charge in [0.15, 0.2) is 0 Å². The summed E-state index contributed by atoms with van der Waals surface area (Å²) in [4.78, 5) is 10.5. The molecule has 1 unspecified atom stereocenters. The average molecular weight is 466 g/mol. The maximum atomic E-state index is 13.4. The maximum Gasteiger partial charge on any atom is 0.269 e. The van der Waals surface area contributed by atoms with E-state index >= 15 is 0 Å². The van der Waals surface area contributed by atoms with Crippen molar-refractivity contribution in [2.24, 2.45) is 0 Å². The summed E-state index contributed by atoms with van der Waals surface area (Å²) in [5, 5.41) is 15.0. The number of nitrogens with one attached hydrogen (secondary N) is 1. The lowest BCUT2D eigenvalue weighted by Gasteiger charge is -2.31. The van der Waals surface area contributed by atoms with Crippen molar-refractivity contribution in [2.45, 2.75) is 18.0 Å². The Kier molecular flexibility index (Phi) is 6.50. The van der Waals surface area contributed by atoms with E-state index in [0.29, 0.717) is 15.7 Å². The lowest BCUT2D eigenvalue weighted by Crippen LogP contribution is -2.43. The SMILES string of the molecule is CC(Nc1ccc(Cl)cc1)N(c1ccc([N+](=O)[O-])cc1)S(=O)(=O)c1ccc(Cl)cc1. The predicted octanol–water partition coefficient (Wildman–Crippen LogP) is 5.56. The zero-order chi connectivity index (χ0) is 21.9. The Morgan fingerprint density at radius 1 is 0.900 bits per heavy atom. The molecule has 0 aliphatic carbocycles. The number of hydrogen-bond donors (Lipinski definition) is 1. The molecule has 0 aliphatic heterocycles. The number of nitro benzene ring substituents is 1. The van der Waals surface area contributed by atoms with Gasteiger partial charge >= 0.3 is 0 Å². The molecule has 0 radical (unpaired) electrons. The second-order valence-corrected chi connectivity index (χ2v) is 9.04. The molecule has 1 atom stereocenters. The molecule has 0 saturated heterocycles. The number of nitro groups is 1. The molecule has 0 heterocycles. The van der Waals surface area contributed by atoms with Gasteiger partial charge in [-0.2, -0.15) is 0 Å². The molecule has 1 N–H and O–H groups in total. The Balaban J connectivity index is 2.04. The minimum atomic E-state index is -4.02. The Morgan fingerprint density at radius 3 is 1.90 bits per heavy atom. The molecule has 30 heavy (non-hydrogen) atoms. The summed E-state index contributed by atoms with van der Waals surface area (Å²) in [5.41, 5.74) is 0.788. The minimum absolute atomic E-state index is 0.0370. The summed E-state index contributed by atoms with van der Waals surface area (Å²) in [6.07, 6.45) is -0.728. The molecular weight excluding hydrogens is 449 g/mol. The van der Waals surface area contributed by atoms with E-state index in [2.05, 4.69) is 5.32 Å². The van der Waals surface area contributed by atoms with Gasteiger partial charge in [-0.15, -0.1) is 0 Å². The van der Waals surface area contributed by atoms with Crippen LogP contribution in [0.1, 0.15) is 6.92 Å². The summed E-state index contributed by atoms with van der Waals surface area (Å²) in [7, 11) is -4.02. The van der Waals surface area contributed by atoms with Crippen LogP contribution in [0, 0.1) is 10.1 Å². The monoisotopic (exact) mass is 465 g/mol. The van der Waals surface area contributed by atoms with E-state index in [1.54, 1.807) is 31.2 Å². The molecule has 0 aromatic heterocycles. The van der Waals surface area contributed by atoms with Crippen LogP contribution in [0.25, 0.3) is 0 Å². The number of halogens is 2. The topological polar surface area (TPSA) is 92.5 Å². The molecule has 3 aromatic rings. The highest BCUT2D eigenvalue weighted by atomic mass is 35.5. The zero-order valence-electron chi connectivity index (χ0n) is 15.7. The van der Waals surface area contributed by atoms with Crippen molar-refractivity contribution in [3.8, 4) is 0 Å². The van der Waals surface area contributed by atoms with Gasteiger partial charge in [-0.05, 0) is 67.6 Å². The third-order valence-electron chi connectivity index (χ3n) is 4.26. The number of sulfonamides is 1. The summed E-state index contributed by atoms with van der Waals surface area (Å²) >= 11 is 11.8. The van der Waals surface area contributed by atoms with Gasteiger partial charge in [0.25, 0.3) is 15.7 Å². The number of rotatable bonds is 7. The smallest absolute Gasteiger partial charge is 0.269 e. The largest absolute Gasteiger partial charge is 0.365 e. The minimum Gasteiger partial charge on any atom is -0.365 e. The normalized spacial score (nSPS) is 12.2. The van der Waals surface area contributed by atoms with Crippen LogP contribution >= 0.6 is 23.2 Å². The standard InChI is InChI=1S/C20H17Cl2N3O4S/c1-14(23-17-6-2-15(21)3-7-17)24(18-8-10-19(11-9-18)25(26)27)30(28,29)20-12-4-16(22)5-13-20/h2-14,23H,1H3. The first-order valence-electron chi connectivity index (χ1n) is 8.75. The highest BCUT2D eigenvalue weighted by Gasteiger charge is 2.30. The van der Waals surface area contributed by atoms with E-state index in [4.69, 9.17) is 23.2 Å². The summed E-state index contributed by atoms with van der Waals surface area (Å²) in [5.74, 6) is 0. The van der Waals surface area contributed by atoms with Crippen LogP contribution in [-0.4, -0.2) is 19.5 Å². The van der Waals surface area contributed by atoms with Crippen molar-refractivity contribution in [1.29, 1.82) is 0 Å². The fourth-order valence-corrected chi connectivity index (χ4v) is 4.69. The summed E-state index contributed by atoms with van der Waals surface area (Å²) in [6.45, 7) is 1.67. The lowest BCUT2D eigenvalue weighted by atomic mass is 10.2. The predicted molar refractivity (Wildman–Crippen MR) is 119 cm³/mol. The molecule has 10 heteroatoms. The second kappa shape index (κ2) is 8.91. The number of non-ortho nitro benzene ring substituents is 1. The molecule has 3 rings (SSSR count). The third kappa shape index (κ3) is 4.84. The summed E-state index contributed by atoms with van der Waals surface area (Å²) < 4.78 is 28.0. The van der Waals surface area contributed by atoms with Gasteiger partial charge < -0.3 is 5.32 Å². The van der Waals surface area contributed by atoms with E-state index < -0.39 is 21.1 Å². The Bertz CT molecular complexity index is 1140. The Hall–Kier alpha value is -2.81. The summed E-state index contributed by atoms with van der Waals surface area (Å²) in [6, 6.07) is 17.9. The van der Waals surface area contributed by atoms with Crippen molar-refractivity contribution in [2.75, 3.05) is 9.62 Å². The molecule has 0 amide bonds. The van der Waals surface area contributed by atoms with Crippen molar-refractivity contribution < 1.29 is 13.3 Å². The Labute approximate surface area is 184 Å². The number of benzene rings is 3. The van der Waals surface area contributed by atoms with Crippen molar-refractivity contribution in [3.63, 3.8) is 0 Å². The van der Waals surface area contributed by atoms with Crippen LogP contribution < -0.4 is 9.62 Å². The van der Waals surface area contributed by atoms with E-state index in [1.807, 2.05) is 0 Å². The highest BCUT2D eigenvalue weighted by Crippen LogP contribution is 2.29. The van der Waals surface area contributed by atoms with Gasteiger partial charge in [0, 0.05) is 27.9 Å². The van der Waals surface area contributed by atoms with Crippen LogP contribution in [-0.2, 0) is 10.0 Å². The van der Waals surface area contributed by atoms with Crippen LogP contribution in [0.4, 0.5) is 17.1 Å². The molecule has 0 saturated carbocycles. The molecule has 0 fully saturated rings. The van der Waals surface area contributed by atoms with Gasteiger partial charge in [0.05, 0.1) is 15.5 Å². The Morgan fingerprint density at radius 2 is 1.40 bits per heavy atom. The average Bonchev–Trinajstić information content (AvgIpc) is 2.70. The molecule has 0 bridgehead atoms. The zero-order valence-corrected chi connectivity index (χ0v) is 18.0. The molecule has 0 aliphatic rings. The fourth-order valence-electron chi connectivity index (χ4n) is 2.86. The molecule has 0 spiro atoms. The lowest BCUT2D eigenvalue weighted by molar-refractivity contribution is -0.384. The third-order valence-corrected chi connectivity index (χ3v) is 6.67. The number of anilines is 2. The van der Waals surface area contributed by atoms with Crippen molar-refractivity contribution >= 4 is 50.3 Å². The first kappa shape index (κ1) is 21.9. The number of nitrogens with zero attached hydrogens (tertiary/aromatic N) is 2. The van der Waals surface area contributed by atoms with Gasteiger partial charge in [-0.3, -0.25) is 10.1 Å². The van der Waals surface area contributed by atoms with Crippen LogP contribution in [0.2, 0.25) is 10.0 Å². The van der Waals surface area contributed by atoms with Crippen LogP contribution in [0.3, 0.4) is 0 Å². The highest BCUT2D eigenvalue weighted by molar-refractivity contribution is 7.92. The first-order valence-corrected chi connectivity index (χ1v) is 10.9. The fraction of sp³-hybridized carbons (Fsp3) is 0.100. The maximum absolute atomic E-state index is 13.4. The number of hydrogen-bond acceptors (Lipinski definition) is 5. The molecule has 7 nitrogen and oxygen atoms in total. The van der Waals surface area contributed by atoms with Crippen molar-refractivity contribution in [3.05, 3.63) is 93.0 Å².